The highest BCUT2D eigenvalue weighted by Crippen LogP contribution is 2.51. The predicted octanol–water partition coefficient (Wildman–Crippen LogP) is 3.98. The summed E-state index contributed by atoms with van der Waals surface area (Å²) in [5.74, 6) is -0.290. The van der Waals surface area contributed by atoms with Crippen molar-refractivity contribution < 1.29 is 17.6 Å². The number of nitrogens with one attached hydrogen (secondary N) is 1. The Labute approximate surface area is 110 Å². The van der Waals surface area contributed by atoms with E-state index < -0.39 is 17.6 Å². The molecule has 0 radical (unpaired) electrons. The summed E-state index contributed by atoms with van der Waals surface area (Å²) in [4.78, 5) is 0. The van der Waals surface area contributed by atoms with Gasteiger partial charge in [-0.1, -0.05) is 13.8 Å². The fourth-order valence-corrected chi connectivity index (χ4v) is 2.23. The molecule has 0 amide bonds. The normalized spacial score (nSPS) is 21.5. The van der Waals surface area contributed by atoms with E-state index in [0.29, 0.717) is 23.0 Å². The molecule has 0 saturated heterocycles. The van der Waals surface area contributed by atoms with Gasteiger partial charge in [-0.25, -0.2) is 4.39 Å². The molecule has 2 rings (SSSR count). The van der Waals surface area contributed by atoms with E-state index >= 15 is 0 Å². The summed E-state index contributed by atoms with van der Waals surface area (Å²) >= 11 is 0. The molecule has 1 aromatic carbocycles. The SMILES string of the molecule is CC1(C)CC1CNCc1cc(F)cc(C(F)(F)F)c1. The van der Waals surface area contributed by atoms with E-state index in [1.807, 2.05) is 0 Å². The highest BCUT2D eigenvalue weighted by Gasteiger charge is 2.44. The first-order valence-electron chi connectivity index (χ1n) is 6.26. The number of benzene rings is 1. The topological polar surface area (TPSA) is 12.0 Å². The van der Waals surface area contributed by atoms with E-state index in [1.54, 1.807) is 0 Å². The lowest BCUT2D eigenvalue weighted by atomic mass is 10.1. The van der Waals surface area contributed by atoms with E-state index in [-0.39, 0.29) is 6.54 Å². The van der Waals surface area contributed by atoms with Crippen LogP contribution in [-0.4, -0.2) is 6.54 Å². The Kier molecular flexibility index (Phi) is 3.60. The molecular weight excluding hydrogens is 258 g/mol. The largest absolute Gasteiger partial charge is 0.416 e. The summed E-state index contributed by atoms with van der Waals surface area (Å²) in [6, 6.07) is 2.65. The minimum Gasteiger partial charge on any atom is -0.312 e. The van der Waals surface area contributed by atoms with Crippen LogP contribution in [0.5, 0.6) is 0 Å². The van der Waals surface area contributed by atoms with E-state index in [4.69, 9.17) is 0 Å². The molecule has 0 spiro atoms. The minimum atomic E-state index is -4.50. The van der Waals surface area contributed by atoms with Gasteiger partial charge in [-0.05, 0) is 48.1 Å². The number of hydrogen-bond acceptors (Lipinski definition) is 1. The lowest BCUT2D eigenvalue weighted by molar-refractivity contribution is -0.137. The first-order chi connectivity index (χ1) is 8.68. The molecule has 19 heavy (non-hydrogen) atoms. The maximum Gasteiger partial charge on any atom is 0.416 e. The van der Waals surface area contributed by atoms with E-state index in [2.05, 4.69) is 19.2 Å². The van der Waals surface area contributed by atoms with Crippen LogP contribution in [0.25, 0.3) is 0 Å². The van der Waals surface area contributed by atoms with Crippen LogP contribution in [0.2, 0.25) is 0 Å². The number of hydrogen-bond donors (Lipinski definition) is 1. The van der Waals surface area contributed by atoms with Crippen molar-refractivity contribution in [3.63, 3.8) is 0 Å². The van der Waals surface area contributed by atoms with E-state index in [0.717, 1.165) is 25.1 Å². The average molecular weight is 275 g/mol. The van der Waals surface area contributed by atoms with Gasteiger partial charge in [0.2, 0.25) is 0 Å². The van der Waals surface area contributed by atoms with Gasteiger partial charge in [-0.2, -0.15) is 13.2 Å². The highest BCUT2D eigenvalue weighted by molar-refractivity contribution is 5.26. The summed E-state index contributed by atoms with van der Waals surface area (Å²) in [6.45, 7) is 5.32. The van der Waals surface area contributed by atoms with Crippen molar-refractivity contribution in [3.8, 4) is 0 Å². The zero-order chi connectivity index (χ0) is 14.3. The summed E-state index contributed by atoms with van der Waals surface area (Å²) in [7, 11) is 0. The molecule has 1 saturated carbocycles. The number of alkyl halides is 3. The molecule has 0 bridgehead atoms. The van der Waals surface area contributed by atoms with Crippen molar-refractivity contribution in [2.75, 3.05) is 6.54 Å². The van der Waals surface area contributed by atoms with Gasteiger partial charge >= 0.3 is 6.18 Å². The molecule has 5 heteroatoms. The lowest BCUT2D eigenvalue weighted by Crippen LogP contribution is -2.18. The van der Waals surface area contributed by atoms with Gasteiger partial charge in [0.15, 0.2) is 0 Å². The van der Waals surface area contributed by atoms with Crippen LogP contribution in [0.4, 0.5) is 17.6 Å². The molecule has 1 aromatic rings. The van der Waals surface area contributed by atoms with E-state index in [9.17, 15) is 17.6 Å². The lowest BCUT2D eigenvalue weighted by Gasteiger charge is -2.10. The zero-order valence-electron chi connectivity index (χ0n) is 10.9. The Balaban J connectivity index is 1.95. The molecule has 0 aromatic heterocycles. The summed E-state index contributed by atoms with van der Waals surface area (Å²) in [5, 5.41) is 3.09. The van der Waals surface area contributed by atoms with Crippen LogP contribution in [0, 0.1) is 17.2 Å². The van der Waals surface area contributed by atoms with Gasteiger partial charge in [-0.3, -0.25) is 0 Å². The Morgan fingerprint density at radius 1 is 1.26 bits per heavy atom. The summed E-state index contributed by atoms with van der Waals surface area (Å²) < 4.78 is 50.7. The van der Waals surface area contributed by atoms with Crippen LogP contribution < -0.4 is 5.32 Å². The third-order valence-corrected chi connectivity index (χ3v) is 3.72. The number of rotatable bonds is 4. The molecule has 1 unspecified atom stereocenters. The summed E-state index contributed by atoms with van der Waals surface area (Å²) in [5.41, 5.74) is -0.284. The molecule has 1 atom stereocenters. The third-order valence-electron chi connectivity index (χ3n) is 3.72. The van der Waals surface area contributed by atoms with Gasteiger partial charge < -0.3 is 5.32 Å². The molecule has 0 aliphatic heterocycles. The zero-order valence-corrected chi connectivity index (χ0v) is 10.9. The first kappa shape index (κ1) is 14.3. The smallest absolute Gasteiger partial charge is 0.312 e. The maximum atomic E-state index is 13.2. The van der Waals surface area contributed by atoms with Gasteiger partial charge in [0.05, 0.1) is 5.56 Å². The van der Waals surface area contributed by atoms with Crippen molar-refractivity contribution in [2.45, 2.75) is 33.0 Å². The van der Waals surface area contributed by atoms with Crippen LogP contribution in [-0.2, 0) is 12.7 Å². The van der Waals surface area contributed by atoms with Crippen LogP contribution in [0.15, 0.2) is 18.2 Å². The Bertz CT molecular complexity index is 465. The minimum absolute atomic E-state index is 0.257. The second-order valence-corrected chi connectivity index (χ2v) is 5.87. The Morgan fingerprint density at radius 3 is 2.42 bits per heavy atom. The fraction of sp³-hybridized carbons (Fsp3) is 0.571. The second-order valence-electron chi connectivity index (χ2n) is 5.87. The molecular formula is C14H17F4N. The van der Waals surface area contributed by atoms with Gasteiger partial charge in [0.25, 0.3) is 0 Å². The molecule has 1 nitrogen and oxygen atoms in total. The van der Waals surface area contributed by atoms with Gasteiger partial charge in [-0.15, -0.1) is 0 Å². The van der Waals surface area contributed by atoms with Gasteiger partial charge in [0, 0.05) is 6.54 Å². The fourth-order valence-electron chi connectivity index (χ4n) is 2.23. The molecule has 1 aliphatic carbocycles. The standard InChI is InChI=1S/C14H17F4N/c1-13(2)6-11(13)8-19-7-9-3-10(14(16,17)18)5-12(15)4-9/h3-5,11,19H,6-8H2,1-2H3. The van der Waals surface area contributed by atoms with Crippen molar-refractivity contribution in [2.24, 2.45) is 11.3 Å². The molecule has 106 valence electrons. The second kappa shape index (κ2) is 4.78. The molecule has 1 N–H and O–H groups in total. The van der Waals surface area contributed by atoms with Crippen LogP contribution in [0.3, 0.4) is 0 Å². The predicted molar refractivity (Wildman–Crippen MR) is 65.0 cm³/mol. The van der Waals surface area contributed by atoms with Crippen molar-refractivity contribution in [1.82, 2.24) is 5.32 Å². The monoisotopic (exact) mass is 275 g/mol. The average Bonchev–Trinajstić information content (AvgIpc) is 2.84. The Hall–Kier alpha value is -1.10. The quantitative estimate of drug-likeness (QED) is 0.820. The highest BCUT2D eigenvalue weighted by atomic mass is 19.4. The van der Waals surface area contributed by atoms with E-state index in [1.165, 1.54) is 0 Å². The maximum absolute atomic E-state index is 13.2. The van der Waals surface area contributed by atoms with Crippen LogP contribution in [0.1, 0.15) is 31.4 Å². The summed E-state index contributed by atoms with van der Waals surface area (Å²) in [6.07, 6.45) is -3.38. The third kappa shape index (κ3) is 3.69. The first-order valence-corrected chi connectivity index (χ1v) is 6.26. The van der Waals surface area contributed by atoms with Crippen molar-refractivity contribution in [3.05, 3.63) is 35.1 Å². The van der Waals surface area contributed by atoms with Crippen molar-refractivity contribution >= 4 is 0 Å². The molecule has 0 heterocycles. The Morgan fingerprint density at radius 2 is 1.89 bits per heavy atom. The van der Waals surface area contributed by atoms with Gasteiger partial charge in [0.1, 0.15) is 5.82 Å². The molecule has 1 aliphatic rings. The number of halogens is 4. The van der Waals surface area contributed by atoms with Crippen LogP contribution >= 0.6 is 0 Å². The van der Waals surface area contributed by atoms with Crippen molar-refractivity contribution in [1.29, 1.82) is 0 Å². The molecule has 1 fully saturated rings.